The van der Waals surface area contributed by atoms with E-state index in [1.165, 1.54) is 5.57 Å². The number of aliphatic hydroxyl groups excluding tert-OH is 1. The van der Waals surface area contributed by atoms with E-state index in [0.29, 0.717) is 6.61 Å². The van der Waals surface area contributed by atoms with Gasteiger partial charge in [0, 0.05) is 6.61 Å². The molecule has 1 N–H and O–H groups in total. The third-order valence-electron chi connectivity index (χ3n) is 0.915. The normalized spacial score (nSPS) is 8.88. The summed E-state index contributed by atoms with van der Waals surface area (Å²) < 4.78 is 0. The van der Waals surface area contributed by atoms with Gasteiger partial charge in [-0.15, -0.1) is 0 Å². The van der Waals surface area contributed by atoms with Gasteiger partial charge in [-0.1, -0.05) is 11.6 Å². The van der Waals surface area contributed by atoms with Crippen LogP contribution in [0.15, 0.2) is 11.6 Å². The van der Waals surface area contributed by atoms with Gasteiger partial charge >= 0.3 is 0 Å². The van der Waals surface area contributed by atoms with E-state index in [0.717, 1.165) is 12.8 Å². The van der Waals surface area contributed by atoms with Crippen molar-refractivity contribution in [1.82, 2.24) is 0 Å². The fraction of sp³-hybridized carbons (Fsp3) is 0.714. The van der Waals surface area contributed by atoms with E-state index in [1.807, 2.05) is 0 Å². The molecule has 0 heterocycles. The van der Waals surface area contributed by atoms with Crippen LogP contribution >= 0.6 is 0 Å². The van der Waals surface area contributed by atoms with Gasteiger partial charge in [-0.05, 0) is 26.7 Å². The van der Waals surface area contributed by atoms with Crippen LogP contribution in [0.5, 0.6) is 0 Å². The minimum Gasteiger partial charge on any atom is -0.396 e. The standard InChI is InChI=1S/C7H14O/c1-7(2)5-3-4-6-8/h5,8H,3-4,6H2,1-2H3. The van der Waals surface area contributed by atoms with Crippen LogP contribution in [0, 0.1) is 0 Å². The first-order valence-electron chi connectivity index (χ1n) is 3.01. The van der Waals surface area contributed by atoms with Crippen LogP contribution in [0.25, 0.3) is 0 Å². The summed E-state index contributed by atoms with van der Waals surface area (Å²) in [5.41, 5.74) is 1.33. The Hall–Kier alpha value is -0.300. The van der Waals surface area contributed by atoms with Crippen molar-refractivity contribution in [3.05, 3.63) is 11.6 Å². The number of rotatable bonds is 3. The fourth-order valence-corrected chi connectivity index (χ4v) is 0.482. The van der Waals surface area contributed by atoms with Gasteiger partial charge in [0.1, 0.15) is 0 Å². The minimum absolute atomic E-state index is 0.309. The van der Waals surface area contributed by atoms with Gasteiger partial charge in [-0.25, -0.2) is 0 Å². The topological polar surface area (TPSA) is 20.2 Å². The molecule has 0 aliphatic heterocycles. The quantitative estimate of drug-likeness (QED) is 0.437. The Bertz CT molecular complexity index is 70.5. The molecule has 0 aromatic rings. The zero-order chi connectivity index (χ0) is 6.41. The lowest BCUT2D eigenvalue weighted by Gasteiger charge is -1.88. The molecule has 0 radical (unpaired) electrons. The molecule has 0 atom stereocenters. The lowest BCUT2D eigenvalue weighted by Crippen LogP contribution is -1.78. The molecule has 0 saturated heterocycles. The fourth-order valence-electron chi connectivity index (χ4n) is 0.482. The molecule has 0 spiro atoms. The number of hydrogen-bond acceptors (Lipinski definition) is 1. The third-order valence-corrected chi connectivity index (χ3v) is 0.915. The van der Waals surface area contributed by atoms with Crippen molar-refractivity contribution in [1.29, 1.82) is 0 Å². The van der Waals surface area contributed by atoms with Crippen LogP contribution in [-0.4, -0.2) is 11.7 Å². The Labute approximate surface area is 51.0 Å². The molecule has 48 valence electrons. The molecule has 1 nitrogen and oxygen atoms in total. The van der Waals surface area contributed by atoms with Crippen molar-refractivity contribution in [3.8, 4) is 0 Å². The minimum atomic E-state index is 0.309. The SMILES string of the molecule is CC(C)=CCCCO. The van der Waals surface area contributed by atoms with Crippen LogP contribution in [0.1, 0.15) is 26.7 Å². The predicted octanol–water partition coefficient (Wildman–Crippen LogP) is 1.73. The summed E-state index contributed by atoms with van der Waals surface area (Å²) in [7, 11) is 0. The monoisotopic (exact) mass is 114 g/mol. The Morgan fingerprint density at radius 2 is 2.12 bits per heavy atom. The highest BCUT2D eigenvalue weighted by Gasteiger charge is 1.78. The van der Waals surface area contributed by atoms with E-state index >= 15 is 0 Å². The molecule has 0 unspecified atom stereocenters. The van der Waals surface area contributed by atoms with Gasteiger partial charge in [-0.2, -0.15) is 0 Å². The molecular weight excluding hydrogens is 100 g/mol. The van der Waals surface area contributed by atoms with E-state index in [4.69, 9.17) is 5.11 Å². The highest BCUT2D eigenvalue weighted by Crippen LogP contribution is 1.94. The van der Waals surface area contributed by atoms with E-state index in [9.17, 15) is 0 Å². The van der Waals surface area contributed by atoms with Crippen molar-refractivity contribution in [2.45, 2.75) is 26.7 Å². The molecule has 1 heteroatoms. The lowest BCUT2D eigenvalue weighted by atomic mass is 10.2. The maximum Gasteiger partial charge on any atom is 0.0433 e. The van der Waals surface area contributed by atoms with Gasteiger partial charge in [0.2, 0.25) is 0 Å². The van der Waals surface area contributed by atoms with Gasteiger partial charge < -0.3 is 5.11 Å². The van der Waals surface area contributed by atoms with E-state index in [2.05, 4.69) is 19.9 Å². The smallest absolute Gasteiger partial charge is 0.0433 e. The highest BCUT2D eigenvalue weighted by atomic mass is 16.2. The maximum atomic E-state index is 8.35. The average Bonchev–Trinajstić information content (AvgIpc) is 1.66. The second-order valence-corrected chi connectivity index (χ2v) is 2.15. The van der Waals surface area contributed by atoms with Crippen molar-refractivity contribution >= 4 is 0 Å². The number of aliphatic hydroxyl groups is 1. The second kappa shape index (κ2) is 4.85. The Morgan fingerprint density at radius 3 is 2.50 bits per heavy atom. The van der Waals surface area contributed by atoms with Crippen LogP contribution in [0.2, 0.25) is 0 Å². The predicted molar refractivity (Wildman–Crippen MR) is 35.8 cm³/mol. The summed E-state index contributed by atoms with van der Waals surface area (Å²) in [5.74, 6) is 0. The molecule has 0 amide bonds. The lowest BCUT2D eigenvalue weighted by molar-refractivity contribution is 0.289. The molecule has 0 aromatic heterocycles. The molecule has 0 aliphatic carbocycles. The third kappa shape index (κ3) is 5.70. The molecule has 0 rings (SSSR count). The van der Waals surface area contributed by atoms with Crippen LogP contribution < -0.4 is 0 Å². The zero-order valence-electron chi connectivity index (χ0n) is 5.65. The Morgan fingerprint density at radius 1 is 1.50 bits per heavy atom. The van der Waals surface area contributed by atoms with Crippen LogP contribution in [0.4, 0.5) is 0 Å². The van der Waals surface area contributed by atoms with Gasteiger partial charge in [0.05, 0.1) is 0 Å². The molecule has 0 aromatic carbocycles. The summed E-state index contributed by atoms with van der Waals surface area (Å²) in [6.45, 7) is 4.44. The Balaban J connectivity index is 3.03. The molecule has 0 fully saturated rings. The number of allylic oxidation sites excluding steroid dienone is 2. The van der Waals surface area contributed by atoms with Crippen molar-refractivity contribution < 1.29 is 5.11 Å². The number of unbranched alkanes of at least 4 members (excludes halogenated alkanes) is 1. The summed E-state index contributed by atoms with van der Waals surface area (Å²) in [4.78, 5) is 0. The van der Waals surface area contributed by atoms with Crippen LogP contribution in [-0.2, 0) is 0 Å². The summed E-state index contributed by atoms with van der Waals surface area (Å²) in [6, 6.07) is 0. The average molecular weight is 114 g/mol. The molecule has 8 heavy (non-hydrogen) atoms. The summed E-state index contributed by atoms with van der Waals surface area (Å²) in [5, 5.41) is 8.35. The highest BCUT2D eigenvalue weighted by molar-refractivity contribution is 4.92. The molecule has 0 saturated carbocycles. The molecule has 0 bridgehead atoms. The van der Waals surface area contributed by atoms with Crippen molar-refractivity contribution in [2.75, 3.05) is 6.61 Å². The number of hydrogen-bond donors (Lipinski definition) is 1. The molecular formula is C7H14O. The summed E-state index contributed by atoms with van der Waals surface area (Å²) in [6.07, 6.45) is 4.04. The van der Waals surface area contributed by atoms with Gasteiger partial charge in [0.25, 0.3) is 0 Å². The maximum absolute atomic E-state index is 8.35. The first kappa shape index (κ1) is 7.70. The molecule has 0 aliphatic rings. The van der Waals surface area contributed by atoms with E-state index in [1.54, 1.807) is 0 Å². The van der Waals surface area contributed by atoms with E-state index in [-0.39, 0.29) is 0 Å². The zero-order valence-corrected chi connectivity index (χ0v) is 5.65. The first-order valence-corrected chi connectivity index (χ1v) is 3.01. The van der Waals surface area contributed by atoms with Crippen molar-refractivity contribution in [2.24, 2.45) is 0 Å². The van der Waals surface area contributed by atoms with Gasteiger partial charge in [0.15, 0.2) is 0 Å². The largest absolute Gasteiger partial charge is 0.396 e. The Kier molecular flexibility index (Phi) is 4.67. The summed E-state index contributed by atoms with van der Waals surface area (Å²) >= 11 is 0. The van der Waals surface area contributed by atoms with Gasteiger partial charge in [-0.3, -0.25) is 0 Å². The van der Waals surface area contributed by atoms with Crippen molar-refractivity contribution in [3.63, 3.8) is 0 Å². The van der Waals surface area contributed by atoms with E-state index < -0.39 is 0 Å². The first-order chi connectivity index (χ1) is 3.77. The van der Waals surface area contributed by atoms with Crippen LogP contribution in [0.3, 0.4) is 0 Å². The second-order valence-electron chi connectivity index (χ2n) is 2.15.